The third kappa shape index (κ3) is 4.54. The van der Waals surface area contributed by atoms with Crippen molar-refractivity contribution in [2.75, 3.05) is 23.9 Å². The number of hydrogen-bond donors (Lipinski definition) is 2. The molecule has 3 aromatic carbocycles. The summed E-state index contributed by atoms with van der Waals surface area (Å²) < 4.78 is 32.2. The summed E-state index contributed by atoms with van der Waals surface area (Å²) in [5.41, 5.74) is 2.59. The SMILES string of the molecule is COc1ccc(NC(=O)N2CCc3ccc(C(=O)NCc4cc(F)ccc4F)cc32)cc1. The fourth-order valence-corrected chi connectivity index (χ4v) is 3.55. The van der Waals surface area contributed by atoms with E-state index < -0.39 is 17.5 Å². The molecule has 1 heterocycles. The molecule has 0 aromatic heterocycles. The summed E-state index contributed by atoms with van der Waals surface area (Å²) in [5.74, 6) is -0.934. The van der Waals surface area contributed by atoms with Crippen molar-refractivity contribution >= 4 is 23.3 Å². The van der Waals surface area contributed by atoms with Gasteiger partial charge in [-0.05, 0) is 66.6 Å². The zero-order valence-corrected chi connectivity index (χ0v) is 17.3. The van der Waals surface area contributed by atoms with E-state index in [0.29, 0.717) is 35.7 Å². The van der Waals surface area contributed by atoms with Gasteiger partial charge in [-0.25, -0.2) is 13.6 Å². The fourth-order valence-electron chi connectivity index (χ4n) is 3.55. The van der Waals surface area contributed by atoms with E-state index in [-0.39, 0.29) is 18.1 Å². The number of benzene rings is 3. The molecule has 0 unspecified atom stereocenters. The zero-order chi connectivity index (χ0) is 22.7. The number of nitrogens with zero attached hydrogens (tertiary/aromatic N) is 1. The van der Waals surface area contributed by atoms with Crippen molar-refractivity contribution in [1.82, 2.24) is 5.32 Å². The second kappa shape index (κ2) is 9.05. The molecule has 3 aromatic rings. The molecule has 0 radical (unpaired) electrons. The number of urea groups is 1. The smallest absolute Gasteiger partial charge is 0.326 e. The van der Waals surface area contributed by atoms with Crippen LogP contribution >= 0.6 is 0 Å². The minimum absolute atomic E-state index is 0.0556. The average molecular weight is 437 g/mol. The topological polar surface area (TPSA) is 70.7 Å². The van der Waals surface area contributed by atoms with Gasteiger partial charge in [0.05, 0.1) is 7.11 Å². The first-order chi connectivity index (χ1) is 15.4. The van der Waals surface area contributed by atoms with Crippen LogP contribution in [-0.4, -0.2) is 25.6 Å². The van der Waals surface area contributed by atoms with E-state index >= 15 is 0 Å². The van der Waals surface area contributed by atoms with Crippen LogP contribution in [0.3, 0.4) is 0 Å². The molecule has 0 fully saturated rings. The van der Waals surface area contributed by atoms with Gasteiger partial charge in [0.25, 0.3) is 5.91 Å². The Labute approximate surface area is 183 Å². The van der Waals surface area contributed by atoms with Crippen LogP contribution in [0.4, 0.5) is 25.0 Å². The summed E-state index contributed by atoms with van der Waals surface area (Å²) in [4.78, 5) is 27.0. The second-order valence-electron chi connectivity index (χ2n) is 7.32. The van der Waals surface area contributed by atoms with E-state index in [4.69, 9.17) is 4.74 Å². The first-order valence-corrected chi connectivity index (χ1v) is 10.0. The molecule has 0 saturated carbocycles. The van der Waals surface area contributed by atoms with Gasteiger partial charge in [0.15, 0.2) is 0 Å². The maximum Gasteiger partial charge on any atom is 0.326 e. The van der Waals surface area contributed by atoms with Gasteiger partial charge in [0.2, 0.25) is 0 Å². The Morgan fingerprint density at radius 2 is 1.81 bits per heavy atom. The second-order valence-corrected chi connectivity index (χ2v) is 7.32. The van der Waals surface area contributed by atoms with Gasteiger partial charge in [-0.3, -0.25) is 9.69 Å². The molecule has 164 valence electrons. The molecule has 0 spiro atoms. The van der Waals surface area contributed by atoms with Crippen molar-refractivity contribution in [3.63, 3.8) is 0 Å². The normalized spacial score (nSPS) is 12.3. The lowest BCUT2D eigenvalue weighted by Crippen LogP contribution is -2.33. The Hall–Kier alpha value is -3.94. The van der Waals surface area contributed by atoms with Crippen molar-refractivity contribution in [3.8, 4) is 5.75 Å². The predicted molar refractivity (Wildman–Crippen MR) is 117 cm³/mol. The maximum atomic E-state index is 13.8. The van der Waals surface area contributed by atoms with E-state index in [9.17, 15) is 18.4 Å². The summed E-state index contributed by atoms with van der Waals surface area (Å²) in [6, 6.07) is 14.8. The highest BCUT2D eigenvalue weighted by Gasteiger charge is 2.26. The minimum atomic E-state index is -0.595. The van der Waals surface area contributed by atoms with E-state index in [2.05, 4.69) is 10.6 Å². The highest BCUT2D eigenvalue weighted by Crippen LogP contribution is 2.30. The molecule has 6 nitrogen and oxygen atoms in total. The third-order valence-corrected chi connectivity index (χ3v) is 5.28. The summed E-state index contributed by atoms with van der Waals surface area (Å²) in [6.07, 6.45) is 0.668. The molecule has 2 N–H and O–H groups in total. The van der Waals surface area contributed by atoms with E-state index in [1.54, 1.807) is 54.5 Å². The minimum Gasteiger partial charge on any atom is -0.497 e. The third-order valence-electron chi connectivity index (χ3n) is 5.28. The number of anilines is 2. The van der Waals surface area contributed by atoms with E-state index in [1.807, 2.05) is 0 Å². The molecule has 0 saturated heterocycles. The Morgan fingerprint density at radius 3 is 2.56 bits per heavy atom. The van der Waals surface area contributed by atoms with Crippen LogP contribution < -0.4 is 20.3 Å². The Morgan fingerprint density at radius 1 is 1.03 bits per heavy atom. The van der Waals surface area contributed by atoms with Crippen LogP contribution in [-0.2, 0) is 13.0 Å². The molecule has 0 bridgehead atoms. The van der Waals surface area contributed by atoms with Crippen LogP contribution in [0.2, 0.25) is 0 Å². The lowest BCUT2D eigenvalue weighted by atomic mass is 10.1. The van der Waals surface area contributed by atoms with Crippen LogP contribution in [0.1, 0.15) is 21.5 Å². The number of hydrogen-bond acceptors (Lipinski definition) is 3. The molecule has 8 heteroatoms. The van der Waals surface area contributed by atoms with Crippen molar-refractivity contribution in [1.29, 1.82) is 0 Å². The fraction of sp³-hybridized carbons (Fsp3) is 0.167. The van der Waals surface area contributed by atoms with Gasteiger partial charge in [-0.2, -0.15) is 0 Å². The molecule has 1 aliphatic rings. The highest BCUT2D eigenvalue weighted by atomic mass is 19.1. The van der Waals surface area contributed by atoms with E-state index in [1.165, 1.54) is 0 Å². The Bertz CT molecular complexity index is 1170. The first kappa shape index (κ1) is 21.3. The monoisotopic (exact) mass is 437 g/mol. The van der Waals surface area contributed by atoms with Gasteiger partial charge >= 0.3 is 6.03 Å². The molecule has 0 atom stereocenters. The molecular formula is C24H21F2N3O3. The number of rotatable bonds is 5. The Balaban J connectivity index is 1.46. The highest BCUT2D eigenvalue weighted by molar-refractivity contribution is 6.04. The summed E-state index contributed by atoms with van der Waals surface area (Å²) in [7, 11) is 1.57. The van der Waals surface area contributed by atoms with Gasteiger partial charge in [0.1, 0.15) is 17.4 Å². The van der Waals surface area contributed by atoms with Gasteiger partial charge in [0, 0.05) is 35.6 Å². The van der Waals surface area contributed by atoms with Gasteiger partial charge < -0.3 is 15.4 Å². The summed E-state index contributed by atoms with van der Waals surface area (Å²) in [5, 5.41) is 5.43. The van der Waals surface area contributed by atoms with Crippen molar-refractivity contribution in [2.45, 2.75) is 13.0 Å². The maximum absolute atomic E-state index is 13.8. The number of carbonyl (C=O) groups excluding carboxylic acids is 2. The number of methoxy groups -OCH3 is 1. The van der Waals surface area contributed by atoms with Crippen LogP contribution in [0.15, 0.2) is 60.7 Å². The quantitative estimate of drug-likeness (QED) is 0.618. The molecule has 3 amide bonds. The van der Waals surface area contributed by atoms with E-state index in [0.717, 1.165) is 23.8 Å². The van der Waals surface area contributed by atoms with Crippen molar-refractivity contribution in [2.24, 2.45) is 0 Å². The number of halogens is 2. The average Bonchev–Trinajstić information content (AvgIpc) is 3.23. The summed E-state index contributed by atoms with van der Waals surface area (Å²) in [6.45, 7) is 0.331. The lowest BCUT2D eigenvalue weighted by molar-refractivity contribution is 0.0950. The van der Waals surface area contributed by atoms with Crippen molar-refractivity contribution in [3.05, 3.63) is 89.0 Å². The van der Waals surface area contributed by atoms with Crippen LogP contribution in [0.25, 0.3) is 0 Å². The molecule has 32 heavy (non-hydrogen) atoms. The number of ether oxygens (including phenoxy) is 1. The zero-order valence-electron chi connectivity index (χ0n) is 17.3. The molecule has 1 aliphatic heterocycles. The Kier molecular flexibility index (Phi) is 6.02. The van der Waals surface area contributed by atoms with Crippen molar-refractivity contribution < 1.29 is 23.1 Å². The standard InChI is InChI=1S/C24H21F2N3O3/c1-32-20-7-5-19(6-8-20)28-24(31)29-11-10-15-2-3-16(13-22(15)29)23(30)27-14-17-12-18(25)4-9-21(17)26/h2-9,12-13H,10-11,14H2,1H3,(H,27,30)(H,28,31). The largest absolute Gasteiger partial charge is 0.497 e. The van der Waals surface area contributed by atoms with Gasteiger partial charge in [-0.15, -0.1) is 0 Å². The summed E-state index contributed by atoms with van der Waals surface area (Å²) >= 11 is 0. The first-order valence-electron chi connectivity index (χ1n) is 10.0. The number of carbonyl (C=O) groups is 2. The van der Waals surface area contributed by atoms with Crippen LogP contribution in [0.5, 0.6) is 5.75 Å². The predicted octanol–water partition coefficient (Wildman–Crippen LogP) is 4.50. The molecule has 4 rings (SSSR count). The molecular weight excluding hydrogens is 416 g/mol. The molecule has 0 aliphatic carbocycles. The van der Waals surface area contributed by atoms with Gasteiger partial charge in [-0.1, -0.05) is 6.07 Å². The lowest BCUT2D eigenvalue weighted by Gasteiger charge is -2.19. The number of amides is 3. The number of nitrogens with one attached hydrogen (secondary N) is 2. The number of fused-ring (bicyclic) bond motifs is 1. The van der Waals surface area contributed by atoms with Crippen LogP contribution in [0, 0.1) is 11.6 Å².